The van der Waals surface area contributed by atoms with Gasteiger partial charge in [-0.15, -0.1) is 0 Å². The zero-order valence-corrected chi connectivity index (χ0v) is 23.2. The van der Waals surface area contributed by atoms with Crippen molar-refractivity contribution in [3.63, 3.8) is 0 Å². The molecule has 2 rings (SSSR count). The molecule has 0 aliphatic heterocycles. The molecule has 4 amide bonds. The number of primary amides is 1. The van der Waals surface area contributed by atoms with Crippen LogP contribution in [0, 0.1) is 5.92 Å². The second-order valence-electron chi connectivity index (χ2n) is 9.45. The molecule has 0 saturated heterocycles. The van der Waals surface area contributed by atoms with Gasteiger partial charge >= 0.3 is 5.97 Å². The first-order valence-corrected chi connectivity index (χ1v) is 14.1. The molecule has 0 radical (unpaired) electrons. The zero-order chi connectivity index (χ0) is 29.1. The molecule has 5 atom stereocenters. The van der Waals surface area contributed by atoms with Crippen molar-refractivity contribution in [3.8, 4) is 0 Å². The Morgan fingerprint density at radius 3 is 2.28 bits per heavy atom. The van der Waals surface area contributed by atoms with Crippen LogP contribution in [0.25, 0.3) is 10.9 Å². The normalized spacial score (nSPS) is 15.0. The van der Waals surface area contributed by atoms with Crippen molar-refractivity contribution in [3.05, 3.63) is 36.0 Å². The summed E-state index contributed by atoms with van der Waals surface area (Å²) in [6.07, 6.45) is 4.00. The molecule has 13 heteroatoms. The van der Waals surface area contributed by atoms with Gasteiger partial charge in [0.05, 0.1) is 12.5 Å². The summed E-state index contributed by atoms with van der Waals surface area (Å²) in [6.45, 7) is 3.54. The van der Waals surface area contributed by atoms with Crippen LogP contribution in [0.15, 0.2) is 30.5 Å². The second-order valence-corrected chi connectivity index (χ2v) is 10.4. The Labute approximate surface area is 231 Å². The molecule has 1 aromatic heterocycles. The minimum atomic E-state index is -1.23. The summed E-state index contributed by atoms with van der Waals surface area (Å²) in [4.78, 5) is 65.5. The predicted octanol–water partition coefficient (Wildman–Crippen LogP) is 0.251. The smallest absolute Gasteiger partial charge is 0.326 e. The standard InChI is InChI=1S/C26H38N6O6S/c1-4-14(2)22(26(37)38)32-25(36)20(11-15-13-29-18-8-6-5-7-16(15)18)31-24(35)19(9-10-39-3)30-23(34)17(27)12-21(28)33/h5-8,13-14,17,19-20,22,29H,4,9-12,27H2,1-3H3,(H2,28,33)(H,30,34)(H,31,35)(H,32,36)(H,37,38). The molecule has 0 saturated carbocycles. The topological polar surface area (TPSA) is 210 Å². The molecule has 5 unspecified atom stereocenters. The van der Waals surface area contributed by atoms with Gasteiger partial charge in [-0.05, 0) is 36.0 Å². The number of fused-ring (bicyclic) bond motifs is 1. The van der Waals surface area contributed by atoms with Gasteiger partial charge in [0.1, 0.15) is 18.1 Å². The van der Waals surface area contributed by atoms with Gasteiger partial charge in [-0.1, -0.05) is 38.5 Å². The van der Waals surface area contributed by atoms with Crippen LogP contribution < -0.4 is 27.4 Å². The van der Waals surface area contributed by atoms with Crippen LogP contribution in [0.5, 0.6) is 0 Å². The Balaban J connectivity index is 2.32. The van der Waals surface area contributed by atoms with E-state index in [4.69, 9.17) is 11.5 Å². The number of nitrogens with two attached hydrogens (primary N) is 2. The van der Waals surface area contributed by atoms with Gasteiger partial charge in [0.25, 0.3) is 0 Å². The summed E-state index contributed by atoms with van der Waals surface area (Å²) < 4.78 is 0. The number of carboxylic acids is 1. The average Bonchev–Trinajstić information content (AvgIpc) is 3.30. The number of carbonyl (C=O) groups is 5. The van der Waals surface area contributed by atoms with Gasteiger partial charge in [0, 0.05) is 23.5 Å². The number of hydrogen-bond donors (Lipinski definition) is 7. The number of carbonyl (C=O) groups excluding carboxylic acids is 4. The summed E-state index contributed by atoms with van der Waals surface area (Å²) >= 11 is 1.46. The molecule has 1 heterocycles. The maximum Gasteiger partial charge on any atom is 0.326 e. The van der Waals surface area contributed by atoms with Gasteiger partial charge in [-0.25, -0.2) is 4.79 Å². The van der Waals surface area contributed by atoms with Crippen LogP contribution in [0.3, 0.4) is 0 Å². The molecule has 12 nitrogen and oxygen atoms in total. The largest absolute Gasteiger partial charge is 0.480 e. The molecule has 1 aromatic carbocycles. The number of H-pyrrole nitrogens is 1. The predicted molar refractivity (Wildman–Crippen MR) is 150 cm³/mol. The Kier molecular flexibility index (Phi) is 12.3. The van der Waals surface area contributed by atoms with Crippen molar-refractivity contribution >= 4 is 52.3 Å². The molecule has 9 N–H and O–H groups in total. The number of benzene rings is 1. The lowest BCUT2D eigenvalue weighted by Gasteiger charge is -2.26. The van der Waals surface area contributed by atoms with Gasteiger partial charge in [-0.3, -0.25) is 19.2 Å². The number of para-hydroxylation sites is 1. The Morgan fingerprint density at radius 1 is 1.03 bits per heavy atom. The third-order valence-corrected chi connectivity index (χ3v) is 7.15. The average molecular weight is 563 g/mol. The lowest BCUT2D eigenvalue weighted by atomic mass is 9.98. The van der Waals surface area contributed by atoms with E-state index in [-0.39, 0.29) is 25.2 Å². The number of hydrogen-bond acceptors (Lipinski definition) is 7. The summed E-state index contributed by atoms with van der Waals surface area (Å²) in [7, 11) is 0. The van der Waals surface area contributed by atoms with Crippen molar-refractivity contribution < 1.29 is 29.1 Å². The van der Waals surface area contributed by atoms with Crippen LogP contribution in [0.2, 0.25) is 0 Å². The van der Waals surface area contributed by atoms with E-state index in [9.17, 15) is 29.1 Å². The first-order chi connectivity index (χ1) is 18.5. The third kappa shape index (κ3) is 9.29. The maximum absolute atomic E-state index is 13.4. The number of amides is 4. The van der Waals surface area contributed by atoms with Gasteiger partial charge < -0.3 is 37.5 Å². The highest BCUT2D eigenvalue weighted by atomic mass is 32.2. The summed E-state index contributed by atoms with van der Waals surface area (Å²) in [5, 5.41) is 18.4. The van der Waals surface area contributed by atoms with E-state index in [0.717, 1.165) is 16.5 Å². The Bertz CT molecular complexity index is 1170. The number of aromatic amines is 1. The Morgan fingerprint density at radius 2 is 1.67 bits per heavy atom. The first-order valence-electron chi connectivity index (χ1n) is 12.7. The fourth-order valence-corrected chi connectivity index (χ4v) is 4.50. The minimum absolute atomic E-state index is 0.0683. The van der Waals surface area contributed by atoms with Crippen LogP contribution in [0.1, 0.15) is 38.7 Å². The fraction of sp³-hybridized carbons (Fsp3) is 0.500. The molecular formula is C26H38N6O6S. The molecule has 0 bridgehead atoms. The van der Waals surface area contributed by atoms with Crippen molar-refractivity contribution in [1.82, 2.24) is 20.9 Å². The number of rotatable bonds is 16. The lowest BCUT2D eigenvalue weighted by molar-refractivity contribution is -0.143. The Hall–Kier alpha value is -3.58. The van der Waals surface area contributed by atoms with E-state index in [1.54, 1.807) is 13.1 Å². The number of nitrogens with one attached hydrogen (secondary N) is 4. The number of thioether (sulfide) groups is 1. The van der Waals surface area contributed by atoms with Crippen molar-refractivity contribution in [2.24, 2.45) is 17.4 Å². The quantitative estimate of drug-likeness (QED) is 0.150. The molecule has 0 spiro atoms. The summed E-state index contributed by atoms with van der Waals surface area (Å²) in [6, 6.07) is 2.88. The lowest BCUT2D eigenvalue weighted by Crippen LogP contribution is -2.58. The molecule has 2 aromatic rings. The van der Waals surface area contributed by atoms with Gasteiger partial charge in [-0.2, -0.15) is 11.8 Å². The van der Waals surface area contributed by atoms with E-state index in [1.165, 1.54) is 11.8 Å². The highest BCUT2D eigenvalue weighted by molar-refractivity contribution is 7.98. The summed E-state index contributed by atoms with van der Waals surface area (Å²) in [5.74, 6) is -3.80. The van der Waals surface area contributed by atoms with Crippen LogP contribution in [-0.4, -0.2) is 75.9 Å². The molecule has 0 aliphatic rings. The molecule has 0 fully saturated rings. The van der Waals surface area contributed by atoms with Crippen LogP contribution >= 0.6 is 11.8 Å². The van der Waals surface area contributed by atoms with Crippen molar-refractivity contribution in [2.45, 2.75) is 63.7 Å². The number of aliphatic carboxylic acids is 1. The number of carboxylic acid groups (broad SMARTS) is 1. The van der Waals surface area contributed by atoms with E-state index in [2.05, 4.69) is 20.9 Å². The second kappa shape index (κ2) is 15.1. The molecule has 39 heavy (non-hydrogen) atoms. The monoisotopic (exact) mass is 562 g/mol. The fourth-order valence-electron chi connectivity index (χ4n) is 4.03. The highest BCUT2D eigenvalue weighted by Gasteiger charge is 2.32. The molecule has 0 aliphatic carbocycles. The van der Waals surface area contributed by atoms with Crippen LogP contribution in [-0.2, 0) is 30.4 Å². The zero-order valence-electron chi connectivity index (χ0n) is 22.4. The maximum atomic E-state index is 13.4. The summed E-state index contributed by atoms with van der Waals surface area (Å²) in [5.41, 5.74) is 12.5. The number of aromatic nitrogens is 1. The minimum Gasteiger partial charge on any atom is -0.480 e. The van der Waals surface area contributed by atoms with E-state index >= 15 is 0 Å². The van der Waals surface area contributed by atoms with Crippen molar-refractivity contribution in [1.29, 1.82) is 0 Å². The highest BCUT2D eigenvalue weighted by Crippen LogP contribution is 2.20. The molecular weight excluding hydrogens is 524 g/mol. The van der Waals surface area contributed by atoms with E-state index < -0.39 is 53.8 Å². The molecule has 214 valence electrons. The first kappa shape index (κ1) is 31.6. The van der Waals surface area contributed by atoms with E-state index in [0.29, 0.717) is 12.2 Å². The van der Waals surface area contributed by atoms with Gasteiger partial charge in [0.2, 0.25) is 23.6 Å². The van der Waals surface area contributed by atoms with Crippen LogP contribution in [0.4, 0.5) is 0 Å². The van der Waals surface area contributed by atoms with Gasteiger partial charge in [0.15, 0.2) is 0 Å². The third-order valence-electron chi connectivity index (χ3n) is 6.51. The van der Waals surface area contributed by atoms with E-state index in [1.807, 2.05) is 37.4 Å². The van der Waals surface area contributed by atoms with Crippen molar-refractivity contribution in [2.75, 3.05) is 12.0 Å². The SMILES string of the molecule is CCC(C)C(NC(=O)C(Cc1c[nH]c2ccccc12)NC(=O)C(CCSC)NC(=O)C(N)CC(N)=O)C(=O)O.